The molecule has 1 heterocycles. The van der Waals surface area contributed by atoms with Crippen molar-refractivity contribution in [1.29, 1.82) is 0 Å². The molecular formula is C7H16N4O5S. The van der Waals surface area contributed by atoms with Crippen LogP contribution in [0.2, 0.25) is 0 Å². The minimum atomic E-state index is -1.67. The van der Waals surface area contributed by atoms with Crippen molar-refractivity contribution in [2.24, 2.45) is 0 Å². The van der Waals surface area contributed by atoms with Gasteiger partial charge >= 0.3 is 0 Å². The zero-order valence-electron chi connectivity index (χ0n) is 8.74. The minimum absolute atomic E-state index is 0.249. The number of nitrogens with one attached hydrogen (secondary N) is 4. The van der Waals surface area contributed by atoms with Gasteiger partial charge in [0.2, 0.25) is 0 Å². The fourth-order valence-electron chi connectivity index (χ4n) is 1.26. The van der Waals surface area contributed by atoms with Crippen LogP contribution in [-0.4, -0.2) is 67.8 Å². The van der Waals surface area contributed by atoms with Crippen molar-refractivity contribution in [1.82, 2.24) is 21.7 Å². The fourth-order valence-corrected chi connectivity index (χ4v) is 1.38. The van der Waals surface area contributed by atoms with Gasteiger partial charge in [0, 0.05) is 0 Å². The predicted molar refractivity (Wildman–Crippen MR) is 60.0 cm³/mol. The Balaban J connectivity index is 2.50. The maximum atomic E-state index is 9.69. The molecule has 9 nitrogen and oxygen atoms in total. The van der Waals surface area contributed by atoms with Gasteiger partial charge in [-0.2, -0.15) is 0 Å². The Morgan fingerprint density at radius 2 is 1.59 bits per heavy atom. The van der Waals surface area contributed by atoms with Crippen LogP contribution >= 0.6 is 12.2 Å². The first-order valence-corrected chi connectivity index (χ1v) is 5.28. The number of thiocarbonyl (C=S) groups is 1. The van der Waals surface area contributed by atoms with Gasteiger partial charge in [0.1, 0.15) is 30.6 Å². The van der Waals surface area contributed by atoms with E-state index in [1.165, 1.54) is 0 Å². The Morgan fingerprint density at radius 1 is 1.06 bits per heavy atom. The van der Waals surface area contributed by atoms with Crippen LogP contribution in [0.4, 0.5) is 0 Å². The van der Waals surface area contributed by atoms with Crippen molar-refractivity contribution in [3.05, 3.63) is 0 Å². The molecule has 0 aromatic heterocycles. The molecule has 1 rings (SSSR count). The quantitative estimate of drug-likeness (QED) is 0.222. The summed E-state index contributed by atoms with van der Waals surface area (Å²) in [5, 5.41) is 46.6. The first-order chi connectivity index (χ1) is 7.97. The molecule has 0 bridgehead atoms. The lowest BCUT2D eigenvalue weighted by molar-refractivity contribution is -0.126. The first kappa shape index (κ1) is 14.5. The Morgan fingerprint density at radius 3 is 2.06 bits per heavy atom. The molecule has 17 heavy (non-hydrogen) atoms. The average Bonchev–Trinajstić information content (AvgIpc) is 2.36. The molecule has 4 atom stereocenters. The van der Waals surface area contributed by atoms with Gasteiger partial charge in [-0.25, -0.2) is 10.9 Å². The van der Waals surface area contributed by atoms with Crippen LogP contribution in [0.5, 0.6) is 0 Å². The molecule has 10 heteroatoms. The Hall–Kier alpha value is -0.590. The molecule has 0 saturated carbocycles. The average molecular weight is 268 g/mol. The summed E-state index contributed by atoms with van der Waals surface area (Å²) in [6, 6.07) is 0. The van der Waals surface area contributed by atoms with Crippen molar-refractivity contribution in [3.63, 3.8) is 0 Å². The summed E-state index contributed by atoms with van der Waals surface area (Å²) in [7, 11) is 0. The molecule has 1 aliphatic rings. The van der Waals surface area contributed by atoms with Crippen LogP contribution in [0.25, 0.3) is 0 Å². The van der Waals surface area contributed by atoms with E-state index in [1.807, 2.05) is 0 Å². The molecule has 0 aromatic carbocycles. The maximum absolute atomic E-state index is 9.69. The van der Waals surface area contributed by atoms with Gasteiger partial charge in [-0.05, 0) is 12.2 Å². The number of aliphatic hydroxyl groups is 5. The molecule has 100 valence electrons. The fraction of sp³-hybridized carbons (Fsp3) is 0.857. The van der Waals surface area contributed by atoms with Crippen LogP contribution in [0.1, 0.15) is 0 Å². The van der Waals surface area contributed by atoms with E-state index in [9.17, 15) is 15.3 Å². The molecule has 0 unspecified atom stereocenters. The molecule has 0 spiro atoms. The maximum Gasteiger partial charge on any atom is 0.195 e. The highest BCUT2D eigenvalue weighted by Crippen LogP contribution is 2.07. The van der Waals surface area contributed by atoms with E-state index in [0.717, 1.165) is 0 Å². The van der Waals surface area contributed by atoms with Gasteiger partial charge in [0.25, 0.3) is 0 Å². The molecule has 0 radical (unpaired) electrons. The molecule has 9 N–H and O–H groups in total. The highest BCUT2D eigenvalue weighted by molar-refractivity contribution is 7.80. The van der Waals surface area contributed by atoms with E-state index in [-0.39, 0.29) is 5.11 Å². The molecule has 1 fully saturated rings. The van der Waals surface area contributed by atoms with Crippen molar-refractivity contribution in [3.8, 4) is 0 Å². The summed E-state index contributed by atoms with van der Waals surface area (Å²) in [5.41, 5.74) is 10.0. The standard InChI is InChI=1S/C7H16N4O5S/c12-1-2(13)3(14)4(15)5(16)6-8-10-7(17)11-9-6/h2-6,8-9,12-16H,1H2,(H2,10,11,17)/t2-,3-,4+,5-/m0/s1. The molecule has 1 saturated heterocycles. The van der Waals surface area contributed by atoms with Crippen molar-refractivity contribution in [2.45, 2.75) is 30.6 Å². The number of hydrogen-bond acceptors (Lipinski definition) is 8. The summed E-state index contributed by atoms with van der Waals surface area (Å²) in [6.45, 7) is -0.725. The second-order valence-electron chi connectivity index (χ2n) is 3.57. The summed E-state index contributed by atoms with van der Waals surface area (Å²) in [5.74, 6) is 0. The smallest absolute Gasteiger partial charge is 0.195 e. The van der Waals surface area contributed by atoms with E-state index < -0.39 is 37.2 Å². The largest absolute Gasteiger partial charge is 0.394 e. The van der Waals surface area contributed by atoms with Crippen molar-refractivity contribution < 1.29 is 25.5 Å². The number of aliphatic hydroxyl groups excluding tert-OH is 5. The lowest BCUT2D eigenvalue weighted by atomic mass is 10.0. The summed E-state index contributed by atoms with van der Waals surface area (Å²) in [6.07, 6.45) is -7.17. The van der Waals surface area contributed by atoms with E-state index in [4.69, 9.17) is 22.4 Å². The van der Waals surface area contributed by atoms with Crippen LogP contribution in [0, 0.1) is 0 Å². The molecule has 0 amide bonds. The summed E-state index contributed by atoms with van der Waals surface area (Å²) < 4.78 is 0. The topological polar surface area (TPSA) is 149 Å². The number of hydrazine groups is 2. The lowest BCUT2D eigenvalue weighted by Gasteiger charge is -2.35. The van der Waals surface area contributed by atoms with E-state index in [2.05, 4.69) is 21.7 Å². The highest BCUT2D eigenvalue weighted by Gasteiger charge is 2.35. The third-order valence-corrected chi connectivity index (χ3v) is 2.51. The normalized spacial score (nSPS) is 24.4. The van der Waals surface area contributed by atoms with E-state index >= 15 is 0 Å². The van der Waals surface area contributed by atoms with Gasteiger partial charge in [0.15, 0.2) is 5.11 Å². The SMILES string of the molecule is OC[C@H](O)[C@H](O)[C@@H](O)[C@H](O)C1NNC(=S)NN1. The molecule has 1 aliphatic heterocycles. The van der Waals surface area contributed by atoms with Crippen LogP contribution < -0.4 is 21.7 Å². The number of rotatable bonds is 5. The Kier molecular flexibility index (Phi) is 5.42. The van der Waals surface area contributed by atoms with Crippen molar-refractivity contribution in [2.75, 3.05) is 6.61 Å². The summed E-state index contributed by atoms with van der Waals surface area (Å²) in [4.78, 5) is 0. The molecular weight excluding hydrogens is 252 g/mol. The highest BCUT2D eigenvalue weighted by atomic mass is 32.1. The first-order valence-electron chi connectivity index (χ1n) is 4.87. The zero-order chi connectivity index (χ0) is 13.0. The Bertz CT molecular complexity index is 261. The Labute approximate surface area is 102 Å². The second kappa shape index (κ2) is 6.37. The van der Waals surface area contributed by atoms with Crippen LogP contribution in [0.15, 0.2) is 0 Å². The summed E-state index contributed by atoms with van der Waals surface area (Å²) >= 11 is 4.71. The predicted octanol–water partition coefficient (Wildman–Crippen LogP) is -4.76. The monoisotopic (exact) mass is 268 g/mol. The third kappa shape index (κ3) is 3.69. The third-order valence-electron chi connectivity index (χ3n) is 2.31. The van der Waals surface area contributed by atoms with Crippen LogP contribution in [0.3, 0.4) is 0 Å². The number of hydrogen-bond donors (Lipinski definition) is 9. The van der Waals surface area contributed by atoms with Gasteiger partial charge < -0.3 is 25.5 Å². The van der Waals surface area contributed by atoms with Crippen LogP contribution in [-0.2, 0) is 0 Å². The van der Waals surface area contributed by atoms with Gasteiger partial charge in [0.05, 0.1) is 6.61 Å². The van der Waals surface area contributed by atoms with Crippen molar-refractivity contribution >= 4 is 17.3 Å². The van der Waals surface area contributed by atoms with Gasteiger partial charge in [-0.1, -0.05) is 0 Å². The lowest BCUT2D eigenvalue weighted by Crippen LogP contribution is -2.71. The minimum Gasteiger partial charge on any atom is -0.394 e. The second-order valence-corrected chi connectivity index (χ2v) is 3.98. The molecule has 0 aromatic rings. The molecule has 0 aliphatic carbocycles. The van der Waals surface area contributed by atoms with Gasteiger partial charge in [-0.3, -0.25) is 10.9 Å². The van der Waals surface area contributed by atoms with Gasteiger partial charge in [-0.15, -0.1) is 0 Å². The van der Waals surface area contributed by atoms with E-state index in [1.54, 1.807) is 0 Å². The zero-order valence-corrected chi connectivity index (χ0v) is 9.55. The van der Waals surface area contributed by atoms with E-state index in [0.29, 0.717) is 0 Å².